The van der Waals surface area contributed by atoms with E-state index < -0.39 is 0 Å². The van der Waals surface area contributed by atoms with Crippen molar-refractivity contribution in [1.82, 2.24) is 9.88 Å². The van der Waals surface area contributed by atoms with Crippen LogP contribution in [-0.2, 0) is 19.9 Å². The van der Waals surface area contributed by atoms with E-state index in [1.54, 1.807) is 7.11 Å². The molecule has 0 saturated heterocycles. The van der Waals surface area contributed by atoms with Crippen molar-refractivity contribution in [2.45, 2.75) is 19.8 Å². The molecule has 1 atom stereocenters. The smallest absolute Gasteiger partial charge is 0.119 e. The Morgan fingerprint density at radius 2 is 2.21 bits per heavy atom. The summed E-state index contributed by atoms with van der Waals surface area (Å²) >= 11 is 0. The molecule has 0 aliphatic heterocycles. The summed E-state index contributed by atoms with van der Waals surface area (Å²) in [6, 6.07) is 6.41. The second-order valence-corrected chi connectivity index (χ2v) is 5.45. The Kier molecular flexibility index (Phi) is 3.23. The molecule has 1 heterocycles. The van der Waals surface area contributed by atoms with Gasteiger partial charge in [-0.3, -0.25) is 0 Å². The van der Waals surface area contributed by atoms with Crippen molar-refractivity contribution in [3.63, 3.8) is 0 Å². The van der Waals surface area contributed by atoms with Crippen LogP contribution in [0.1, 0.15) is 18.2 Å². The van der Waals surface area contributed by atoms with E-state index in [9.17, 15) is 0 Å². The molecule has 0 radical (unpaired) electrons. The normalized spacial score (nSPS) is 17.9. The van der Waals surface area contributed by atoms with Crippen LogP contribution in [0.5, 0.6) is 5.75 Å². The maximum atomic E-state index is 5.36. The Hall–Kier alpha value is -1.48. The van der Waals surface area contributed by atoms with Gasteiger partial charge in [0, 0.05) is 23.6 Å². The van der Waals surface area contributed by atoms with Crippen LogP contribution in [-0.4, -0.2) is 24.8 Å². The molecular formula is C16H22N2O. The number of methoxy groups -OCH3 is 1. The summed E-state index contributed by atoms with van der Waals surface area (Å²) in [7, 11) is 3.92. The highest BCUT2D eigenvalue weighted by molar-refractivity contribution is 5.87. The summed E-state index contributed by atoms with van der Waals surface area (Å²) < 4.78 is 7.72. The summed E-state index contributed by atoms with van der Waals surface area (Å²) in [5.74, 6) is 1.70. The lowest BCUT2D eigenvalue weighted by Gasteiger charge is -2.11. The molecule has 3 nitrogen and oxygen atoms in total. The number of hydrogen-bond acceptors (Lipinski definition) is 2. The van der Waals surface area contributed by atoms with Gasteiger partial charge in [-0.05, 0) is 55.6 Å². The van der Waals surface area contributed by atoms with E-state index in [0.29, 0.717) is 0 Å². The van der Waals surface area contributed by atoms with Crippen LogP contribution >= 0.6 is 0 Å². The van der Waals surface area contributed by atoms with E-state index in [1.807, 2.05) is 6.07 Å². The summed E-state index contributed by atoms with van der Waals surface area (Å²) in [6.45, 7) is 4.35. The van der Waals surface area contributed by atoms with Gasteiger partial charge in [0.15, 0.2) is 0 Å². The number of hydrogen-bond donors (Lipinski definition) is 1. The van der Waals surface area contributed by atoms with Crippen molar-refractivity contribution in [3.8, 4) is 5.75 Å². The molecule has 0 amide bonds. The Bertz CT molecular complexity index is 600. The van der Waals surface area contributed by atoms with Crippen molar-refractivity contribution in [2.24, 2.45) is 13.0 Å². The summed E-state index contributed by atoms with van der Waals surface area (Å²) in [5.41, 5.74) is 4.36. The van der Waals surface area contributed by atoms with Gasteiger partial charge in [-0.15, -0.1) is 0 Å². The van der Waals surface area contributed by atoms with Crippen molar-refractivity contribution >= 4 is 10.9 Å². The molecule has 1 aliphatic rings. The molecule has 0 saturated carbocycles. The molecule has 19 heavy (non-hydrogen) atoms. The van der Waals surface area contributed by atoms with Crippen molar-refractivity contribution in [1.29, 1.82) is 0 Å². The predicted molar refractivity (Wildman–Crippen MR) is 78.9 cm³/mol. The first-order chi connectivity index (χ1) is 9.24. The molecule has 1 aromatic carbocycles. The van der Waals surface area contributed by atoms with Crippen LogP contribution in [0.3, 0.4) is 0 Å². The van der Waals surface area contributed by atoms with Crippen LogP contribution in [0.15, 0.2) is 18.2 Å². The molecule has 0 spiro atoms. The van der Waals surface area contributed by atoms with E-state index in [4.69, 9.17) is 4.74 Å². The molecule has 0 fully saturated rings. The van der Waals surface area contributed by atoms with E-state index >= 15 is 0 Å². The number of fused-ring (bicyclic) bond motifs is 3. The first-order valence-corrected chi connectivity index (χ1v) is 7.09. The number of nitrogens with one attached hydrogen (secondary N) is 1. The Labute approximate surface area is 114 Å². The van der Waals surface area contributed by atoms with Crippen molar-refractivity contribution < 1.29 is 4.74 Å². The number of nitrogens with zero attached hydrogens (tertiary/aromatic N) is 1. The van der Waals surface area contributed by atoms with Gasteiger partial charge in [0.2, 0.25) is 0 Å². The highest BCUT2D eigenvalue weighted by Crippen LogP contribution is 2.36. The van der Waals surface area contributed by atoms with Gasteiger partial charge in [0.1, 0.15) is 5.75 Å². The lowest BCUT2D eigenvalue weighted by Crippen LogP contribution is -2.23. The molecule has 3 rings (SSSR count). The van der Waals surface area contributed by atoms with Crippen LogP contribution < -0.4 is 10.1 Å². The number of aryl methyl sites for hydroxylation is 1. The molecule has 2 aromatic rings. The Morgan fingerprint density at radius 1 is 1.37 bits per heavy atom. The third-order valence-corrected chi connectivity index (χ3v) is 4.30. The van der Waals surface area contributed by atoms with Gasteiger partial charge in [-0.1, -0.05) is 6.92 Å². The third kappa shape index (κ3) is 2.02. The van der Waals surface area contributed by atoms with Crippen LogP contribution in [0.2, 0.25) is 0 Å². The fourth-order valence-electron chi connectivity index (χ4n) is 3.29. The lowest BCUT2D eigenvalue weighted by molar-refractivity contribution is 0.415. The number of rotatable bonds is 4. The second kappa shape index (κ2) is 4.89. The maximum Gasteiger partial charge on any atom is 0.119 e. The van der Waals surface area contributed by atoms with Crippen LogP contribution in [0, 0.1) is 5.92 Å². The summed E-state index contributed by atoms with van der Waals surface area (Å²) in [5, 5.41) is 4.84. The minimum atomic E-state index is 0.742. The lowest BCUT2D eigenvalue weighted by atomic mass is 10.0. The summed E-state index contributed by atoms with van der Waals surface area (Å²) in [4.78, 5) is 0. The molecule has 1 aliphatic carbocycles. The van der Waals surface area contributed by atoms with Gasteiger partial charge < -0.3 is 14.6 Å². The van der Waals surface area contributed by atoms with Crippen LogP contribution in [0.25, 0.3) is 10.9 Å². The van der Waals surface area contributed by atoms with Crippen molar-refractivity contribution in [3.05, 3.63) is 29.5 Å². The molecule has 0 bridgehead atoms. The predicted octanol–water partition coefficient (Wildman–Crippen LogP) is 2.51. The minimum absolute atomic E-state index is 0.742. The molecule has 3 heteroatoms. The fraction of sp³-hybridized carbons (Fsp3) is 0.500. The zero-order chi connectivity index (χ0) is 13.4. The van der Waals surface area contributed by atoms with Gasteiger partial charge in [0.05, 0.1) is 7.11 Å². The topological polar surface area (TPSA) is 26.2 Å². The molecular weight excluding hydrogens is 236 g/mol. The first kappa shape index (κ1) is 12.5. The first-order valence-electron chi connectivity index (χ1n) is 7.09. The average molecular weight is 258 g/mol. The number of aromatic nitrogens is 1. The average Bonchev–Trinajstić information content (AvgIpc) is 2.96. The number of ether oxygens (including phenoxy) is 1. The highest BCUT2D eigenvalue weighted by atomic mass is 16.5. The van der Waals surface area contributed by atoms with E-state index in [2.05, 4.69) is 36.0 Å². The Morgan fingerprint density at radius 3 is 2.95 bits per heavy atom. The maximum absolute atomic E-state index is 5.36. The minimum Gasteiger partial charge on any atom is -0.497 e. The zero-order valence-corrected chi connectivity index (χ0v) is 12.0. The van der Waals surface area contributed by atoms with E-state index in [1.165, 1.54) is 35.0 Å². The van der Waals surface area contributed by atoms with E-state index in [0.717, 1.165) is 24.8 Å². The zero-order valence-electron chi connectivity index (χ0n) is 12.0. The van der Waals surface area contributed by atoms with Crippen LogP contribution in [0.4, 0.5) is 0 Å². The molecule has 102 valence electrons. The highest BCUT2D eigenvalue weighted by Gasteiger charge is 2.27. The van der Waals surface area contributed by atoms with Gasteiger partial charge in [0.25, 0.3) is 0 Å². The fourth-order valence-corrected chi connectivity index (χ4v) is 3.29. The Balaban J connectivity index is 1.98. The molecule has 1 N–H and O–H groups in total. The van der Waals surface area contributed by atoms with Gasteiger partial charge in [-0.25, -0.2) is 0 Å². The van der Waals surface area contributed by atoms with Gasteiger partial charge in [-0.2, -0.15) is 0 Å². The monoisotopic (exact) mass is 258 g/mol. The third-order valence-electron chi connectivity index (χ3n) is 4.30. The van der Waals surface area contributed by atoms with Crippen molar-refractivity contribution in [2.75, 3.05) is 20.2 Å². The second-order valence-electron chi connectivity index (χ2n) is 5.45. The molecule has 1 unspecified atom stereocenters. The van der Waals surface area contributed by atoms with E-state index in [-0.39, 0.29) is 0 Å². The largest absolute Gasteiger partial charge is 0.497 e. The standard InChI is InChI=1S/C16H22N2O/c1-4-17-10-11-7-13-14-9-12(19-3)5-6-15(14)18(2)16(13)8-11/h5-6,9,11,17H,4,7-8,10H2,1-3H3. The summed E-state index contributed by atoms with van der Waals surface area (Å²) in [6.07, 6.45) is 2.38. The SMILES string of the molecule is CCNCC1Cc2c(n(C)c3ccc(OC)cc23)C1. The number of benzene rings is 1. The quantitative estimate of drug-likeness (QED) is 0.912. The van der Waals surface area contributed by atoms with Gasteiger partial charge >= 0.3 is 0 Å². The molecule has 1 aromatic heterocycles.